The van der Waals surface area contributed by atoms with Gasteiger partial charge in [-0.1, -0.05) is 23.2 Å². The third kappa shape index (κ3) is 4.24. The van der Waals surface area contributed by atoms with Crippen molar-refractivity contribution in [2.75, 3.05) is 13.1 Å². The van der Waals surface area contributed by atoms with Gasteiger partial charge in [0.25, 0.3) is 0 Å². The number of likely N-dealkylation sites (tertiary alicyclic amines) is 1. The van der Waals surface area contributed by atoms with Crippen molar-refractivity contribution in [2.24, 2.45) is 0 Å². The van der Waals surface area contributed by atoms with Crippen LogP contribution < -0.4 is 10.6 Å². The highest BCUT2D eigenvalue weighted by Gasteiger charge is 2.31. The molecule has 26 heavy (non-hydrogen) atoms. The van der Waals surface area contributed by atoms with Crippen molar-refractivity contribution in [1.29, 1.82) is 0 Å². The van der Waals surface area contributed by atoms with Gasteiger partial charge in [-0.2, -0.15) is 0 Å². The van der Waals surface area contributed by atoms with Crippen molar-refractivity contribution in [3.8, 4) is 0 Å². The van der Waals surface area contributed by atoms with Crippen LogP contribution in [0.3, 0.4) is 0 Å². The maximum absolute atomic E-state index is 12.4. The highest BCUT2D eigenvalue weighted by Crippen LogP contribution is 2.35. The highest BCUT2D eigenvalue weighted by molar-refractivity contribution is 6.35. The first-order chi connectivity index (χ1) is 12.3. The molecule has 3 amide bonds. The second kappa shape index (κ2) is 8.03. The normalized spacial score (nSPS) is 23.7. The van der Waals surface area contributed by atoms with Crippen LogP contribution in [0.5, 0.6) is 0 Å². The second-order valence-electron chi connectivity index (χ2n) is 6.96. The van der Waals surface area contributed by atoms with Gasteiger partial charge in [0.15, 0.2) is 0 Å². The summed E-state index contributed by atoms with van der Waals surface area (Å²) in [5.41, 5.74) is 2.22. The van der Waals surface area contributed by atoms with Crippen LogP contribution in [0.15, 0.2) is 12.1 Å². The van der Waals surface area contributed by atoms with Gasteiger partial charge in [-0.05, 0) is 55.4 Å². The molecule has 2 fully saturated rings. The summed E-state index contributed by atoms with van der Waals surface area (Å²) in [7, 11) is 0. The molecule has 0 bridgehead atoms. The molecule has 1 aromatic carbocycles. The Bertz CT molecular complexity index is 705. The van der Waals surface area contributed by atoms with Gasteiger partial charge in [0.2, 0.25) is 5.91 Å². The number of hydrogen-bond donors (Lipinski definition) is 3. The minimum atomic E-state index is -0.934. The zero-order valence-electron chi connectivity index (χ0n) is 14.6. The molecule has 142 valence electrons. The molecular weight excluding hydrogens is 377 g/mol. The maximum atomic E-state index is 12.4. The summed E-state index contributed by atoms with van der Waals surface area (Å²) in [4.78, 5) is 25.4. The van der Waals surface area contributed by atoms with Crippen LogP contribution in [0.1, 0.15) is 42.7 Å². The molecule has 2 heterocycles. The number of carbonyl (C=O) groups excluding carboxylic acids is 2. The Balaban J connectivity index is 1.52. The number of aliphatic hydroxyl groups excluding tert-OH is 1. The fourth-order valence-corrected chi connectivity index (χ4v) is 4.23. The van der Waals surface area contributed by atoms with E-state index in [1.807, 2.05) is 17.9 Å². The third-order valence-electron chi connectivity index (χ3n) is 5.28. The Morgan fingerprint density at radius 1 is 1.27 bits per heavy atom. The molecule has 1 unspecified atom stereocenters. The lowest BCUT2D eigenvalue weighted by molar-refractivity contribution is -0.132. The number of rotatable bonds is 4. The number of amides is 3. The van der Waals surface area contributed by atoms with Crippen molar-refractivity contribution in [1.82, 2.24) is 15.5 Å². The van der Waals surface area contributed by atoms with Gasteiger partial charge < -0.3 is 20.6 Å². The van der Waals surface area contributed by atoms with E-state index in [0.29, 0.717) is 41.9 Å². The van der Waals surface area contributed by atoms with E-state index in [0.717, 1.165) is 24.0 Å². The zero-order chi connectivity index (χ0) is 18.8. The summed E-state index contributed by atoms with van der Waals surface area (Å²) in [6.07, 6.45) is 1.52. The van der Waals surface area contributed by atoms with Gasteiger partial charge in [0.1, 0.15) is 6.23 Å². The monoisotopic (exact) mass is 399 g/mol. The van der Waals surface area contributed by atoms with Gasteiger partial charge in [-0.15, -0.1) is 0 Å². The van der Waals surface area contributed by atoms with E-state index in [1.165, 1.54) is 0 Å². The summed E-state index contributed by atoms with van der Waals surface area (Å²) in [5.74, 6) is 0.396. The number of benzene rings is 1. The number of aliphatic hydroxyl groups is 1. The first kappa shape index (κ1) is 19.3. The molecular formula is C18H23Cl2N3O3. The van der Waals surface area contributed by atoms with Gasteiger partial charge in [0.05, 0.1) is 6.04 Å². The SMILES string of the molecule is Cc1c(Cl)cc(Cl)cc1C1CCN(C(=O)CC[C@H]2NC(=O)NC2O)CC1. The molecule has 0 radical (unpaired) electrons. The Hall–Kier alpha value is -1.50. The average Bonchev–Trinajstić information content (AvgIpc) is 2.93. The standard InChI is InChI=1S/C18H23Cl2N3O3/c1-10-13(8-12(19)9-14(10)20)11-4-6-23(7-5-11)16(24)3-2-15-17(25)22-18(26)21-15/h8-9,11,15,17,25H,2-7H2,1H3,(H2,21,22,26)/t15-,17?/m1/s1. The summed E-state index contributed by atoms with van der Waals surface area (Å²) in [6, 6.07) is 2.92. The van der Waals surface area contributed by atoms with Crippen LogP contribution in [0.4, 0.5) is 4.79 Å². The minimum Gasteiger partial charge on any atom is -0.371 e. The fourth-order valence-electron chi connectivity index (χ4n) is 3.72. The summed E-state index contributed by atoms with van der Waals surface area (Å²) >= 11 is 12.4. The Morgan fingerprint density at radius 2 is 1.96 bits per heavy atom. The van der Waals surface area contributed by atoms with Crippen molar-refractivity contribution < 1.29 is 14.7 Å². The molecule has 2 aliphatic rings. The lowest BCUT2D eigenvalue weighted by atomic mass is 9.86. The summed E-state index contributed by atoms with van der Waals surface area (Å²) in [5, 5.41) is 16.0. The van der Waals surface area contributed by atoms with E-state index in [9.17, 15) is 14.7 Å². The van der Waals surface area contributed by atoms with E-state index in [-0.39, 0.29) is 5.91 Å². The van der Waals surface area contributed by atoms with Gasteiger partial charge in [-0.25, -0.2) is 4.79 Å². The number of piperidine rings is 1. The van der Waals surface area contributed by atoms with Gasteiger partial charge in [0, 0.05) is 29.6 Å². The molecule has 2 aliphatic heterocycles. The second-order valence-corrected chi connectivity index (χ2v) is 7.81. The number of hydrogen-bond acceptors (Lipinski definition) is 3. The molecule has 2 atom stereocenters. The van der Waals surface area contributed by atoms with E-state index in [2.05, 4.69) is 10.6 Å². The Labute approximate surface area is 162 Å². The largest absolute Gasteiger partial charge is 0.371 e. The molecule has 6 nitrogen and oxygen atoms in total. The van der Waals surface area contributed by atoms with Crippen LogP contribution >= 0.6 is 23.2 Å². The number of carbonyl (C=O) groups is 2. The molecule has 0 spiro atoms. The number of urea groups is 1. The number of halogens is 2. The average molecular weight is 400 g/mol. The molecule has 0 saturated carbocycles. The van der Waals surface area contributed by atoms with Crippen molar-refractivity contribution in [3.63, 3.8) is 0 Å². The summed E-state index contributed by atoms with van der Waals surface area (Å²) in [6.45, 7) is 3.37. The van der Waals surface area contributed by atoms with Gasteiger partial charge in [-0.3, -0.25) is 4.79 Å². The van der Waals surface area contributed by atoms with E-state index >= 15 is 0 Å². The van der Waals surface area contributed by atoms with E-state index < -0.39 is 18.3 Å². The third-order valence-corrected chi connectivity index (χ3v) is 5.89. The number of nitrogens with zero attached hydrogens (tertiary/aromatic N) is 1. The first-order valence-electron chi connectivity index (χ1n) is 8.83. The van der Waals surface area contributed by atoms with Crippen LogP contribution in [0.25, 0.3) is 0 Å². The zero-order valence-corrected chi connectivity index (χ0v) is 16.1. The molecule has 8 heteroatoms. The van der Waals surface area contributed by atoms with Crippen LogP contribution in [0.2, 0.25) is 10.0 Å². The molecule has 0 aliphatic carbocycles. The van der Waals surface area contributed by atoms with Crippen LogP contribution in [-0.4, -0.2) is 47.3 Å². The van der Waals surface area contributed by atoms with E-state index in [1.54, 1.807) is 6.07 Å². The predicted molar refractivity (Wildman–Crippen MR) is 100 cm³/mol. The molecule has 2 saturated heterocycles. The summed E-state index contributed by atoms with van der Waals surface area (Å²) < 4.78 is 0. The molecule has 3 N–H and O–H groups in total. The van der Waals surface area contributed by atoms with Crippen molar-refractivity contribution in [2.45, 2.75) is 50.8 Å². The lowest BCUT2D eigenvalue weighted by Gasteiger charge is -2.33. The van der Waals surface area contributed by atoms with Crippen molar-refractivity contribution in [3.05, 3.63) is 33.3 Å². The topological polar surface area (TPSA) is 81.7 Å². The fraction of sp³-hybridized carbons (Fsp3) is 0.556. The van der Waals surface area contributed by atoms with Crippen molar-refractivity contribution >= 4 is 35.1 Å². The quantitative estimate of drug-likeness (QED) is 0.727. The Morgan fingerprint density at radius 3 is 2.58 bits per heavy atom. The van der Waals surface area contributed by atoms with Crippen LogP contribution in [0, 0.1) is 6.92 Å². The smallest absolute Gasteiger partial charge is 0.317 e. The minimum absolute atomic E-state index is 0.0534. The van der Waals surface area contributed by atoms with Gasteiger partial charge >= 0.3 is 6.03 Å². The molecule has 0 aromatic heterocycles. The first-order valence-corrected chi connectivity index (χ1v) is 9.59. The van der Waals surface area contributed by atoms with E-state index in [4.69, 9.17) is 23.2 Å². The maximum Gasteiger partial charge on any atom is 0.317 e. The number of nitrogens with one attached hydrogen (secondary N) is 2. The van der Waals surface area contributed by atoms with Crippen LogP contribution in [-0.2, 0) is 4.79 Å². The predicted octanol–water partition coefficient (Wildman–Crippen LogP) is 2.79. The molecule has 1 aromatic rings. The lowest BCUT2D eigenvalue weighted by Crippen LogP contribution is -2.40. The Kier molecular flexibility index (Phi) is 5.95. The molecule has 3 rings (SSSR count). The highest BCUT2D eigenvalue weighted by atomic mass is 35.5.